The molecule has 0 aliphatic rings. The van der Waals surface area contributed by atoms with Crippen molar-refractivity contribution in [3.63, 3.8) is 0 Å². The lowest BCUT2D eigenvalue weighted by atomic mass is 10.1. The van der Waals surface area contributed by atoms with Gasteiger partial charge in [0.05, 0.1) is 36.4 Å². The Kier molecular flexibility index (Phi) is 5.47. The van der Waals surface area contributed by atoms with Crippen molar-refractivity contribution < 1.29 is 23.1 Å². The Balaban J connectivity index is 2.88. The number of carbonyl (C=O) groups is 1. The average Bonchev–Trinajstić information content (AvgIpc) is 2.50. The second-order valence-electron chi connectivity index (χ2n) is 4.37. The fourth-order valence-corrected chi connectivity index (χ4v) is 3.09. The molecule has 0 aliphatic carbocycles. The molecule has 1 N–H and O–H groups in total. The third-order valence-electron chi connectivity index (χ3n) is 2.83. The summed E-state index contributed by atoms with van der Waals surface area (Å²) in [4.78, 5) is 14.5. The molecule has 3 nitrogen and oxygen atoms in total. The summed E-state index contributed by atoms with van der Waals surface area (Å²) in [7, 11) is 0. The molecule has 0 atom stereocenters. The molecule has 0 saturated heterocycles. The van der Waals surface area contributed by atoms with Gasteiger partial charge in [-0.05, 0) is 12.1 Å². The van der Waals surface area contributed by atoms with Crippen LogP contribution in [-0.4, -0.2) is 16.1 Å². The number of carboxylic acids is 1. The van der Waals surface area contributed by atoms with Gasteiger partial charge in [0.25, 0.3) is 0 Å². The van der Waals surface area contributed by atoms with E-state index in [0.717, 1.165) is 6.07 Å². The summed E-state index contributed by atoms with van der Waals surface area (Å²) in [6.45, 7) is 0. The lowest BCUT2D eigenvalue weighted by Gasteiger charge is -2.14. The van der Waals surface area contributed by atoms with Crippen LogP contribution in [0.1, 0.15) is 16.1 Å². The summed E-state index contributed by atoms with van der Waals surface area (Å²) in [5.41, 5.74) is -2.82. The van der Waals surface area contributed by atoms with E-state index in [1.807, 2.05) is 0 Å². The molecular formula is C13H3Cl5F3NO2. The minimum atomic E-state index is -4.89. The summed E-state index contributed by atoms with van der Waals surface area (Å²) >= 11 is 29.5. The molecule has 0 radical (unpaired) electrons. The van der Waals surface area contributed by atoms with Gasteiger partial charge >= 0.3 is 12.1 Å². The Hall–Kier alpha value is -0.920. The van der Waals surface area contributed by atoms with Crippen molar-refractivity contribution in [3.8, 4) is 11.3 Å². The van der Waals surface area contributed by atoms with Gasteiger partial charge in [0.2, 0.25) is 0 Å². The summed E-state index contributed by atoms with van der Waals surface area (Å²) in [6, 6.07) is 1.25. The van der Waals surface area contributed by atoms with Crippen molar-refractivity contribution in [2.75, 3.05) is 0 Å². The monoisotopic (exact) mass is 437 g/mol. The lowest BCUT2D eigenvalue weighted by Crippen LogP contribution is -2.11. The van der Waals surface area contributed by atoms with Crippen LogP contribution in [0.5, 0.6) is 0 Å². The maximum atomic E-state index is 13.0. The maximum absolute atomic E-state index is 13.0. The van der Waals surface area contributed by atoms with Crippen LogP contribution in [0.3, 0.4) is 0 Å². The zero-order valence-electron chi connectivity index (χ0n) is 11.0. The van der Waals surface area contributed by atoms with Gasteiger partial charge in [0.15, 0.2) is 0 Å². The van der Waals surface area contributed by atoms with Gasteiger partial charge in [-0.3, -0.25) is 0 Å². The zero-order chi connectivity index (χ0) is 18.4. The highest BCUT2D eigenvalue weighted by Gasteiger charge is 2.34. The summed E-state index contributed by atoms with van der Waals surface area (Å²) in [5, 5.41) is 7.70. The van der Waals surface area contributed by atoms with Gasteiger partial charge in [-0.1, -0.05) is 58.0 Å². The Morgan fingerprint density at radius 3 is 1.79 bits per heavy atom. The van der Waals surface area contributed by atoms with Crippen molar-refractivity contribution in [2.45, 2.75) is 6.18 Å². The van der Waals surface area contributed by atoms with Crippen LogP contribution in [0.2, 0.25) is 25.1 Å². The van der Waals surface area contributed by atoms with Crippen LogP contribution in [0, 0.1) is 0 Å². The summed E-state index contributed by atoms with van der Waals surface area (Å²) in [5.74, 6) is -1.59. The van der Waals surface area contributed by atoms with Crippen molar-refractivity contribution in [1.29, 1.82) is 0 Å². The molecule has 0 aliphatic heterocycles. The summed E-state index contributed by atoms with van der Waals surface area (Å²) < 4.78 is 38.9. The Labute approximate surface area is 157 Å². The second-order valence-corrected chi connectivity index (χ2v) is 6.26. The van der Waals surface area contributed by atoms with Crippen LogP contribution in [-0.2, 0) is 6.18 Å². The first-order valence-corrected chi connectivity index (χ1v) is 7.68. The van der Waals surface area contributed by atoms with Crippen LogP contribution in [0.4, 0.5) is 13.2 Å². The number of aromatic nitrogens is 1. The molecule has 0 spiro atoms. The molecule has 0 amide bonds. The largest absolute Gasteiger partial charge is 0.478 e. The van der Waals surface area contributed by atoms with Crippen molar-refractivity contribution in [1.82, 2.24) is 4.98 Å². The molecule has 0 bridgehead atoms. The van der Waals surface area contributed by atoms with Crippen LogP contribution in [0.25, 0.3) is 11.3 Å². The first-order chi connectivity index (χ1) is 10.9. The molecule has 2 rings (SSSR count). The predicted molar refractivity (Wildman–Crippen MR) is 86.7 cm³/mol. The van der Waals surface area contributed by atoms with Gasteiger partial charge in [0.1, 0.15) is 5.69 Å². The molecule has 0 fully saturated rings. The topological polar surface area (TPSA) is 50.2 Å². The Morgan fingerprint density at radius 2 is 1.38 bits per heavy atom. The third kappa shape index (κ3) is 3.53. The lowest BCUT2D eigenvalue weighted by molar-refractivity contribution is -0.141. The number of hydrogen-bond donors (Lipinski definition) is 1. The van der Waals surface area contributed by atoms with Crippen molar-refractivity contribution >= 4 is 64.0 Å². The minimum Gasteiger partial charge on any atom is -0.478 e. The van der Waals surface area contributed by atoms with Gasteiger partial charge in [-0.2, -0.15) is 13.2 Å². The SMILES string of the molecule is O=C(O)c1cc(-c2c(Cl)c(Cl)c(Cl)c(Cl)c2Cl)nc(C(F)(F)F)c1. The highest BCUT2D eigenvalue weighted by atomic mass is 35.5. The van der Waals surface area contributed by atoms with Gasteiger partial charge in [-0.25, -0.2) is 9.78 Å². The van der Waals surface area contributed by atoms with Crippen LogP contribution in [0.15, 0.2) is 12.1 Å². The molecule has 2 aromatic rings. The molecule has 0 saturated carbocycles. The highest BCUT2D eigenvalue weighted by Crippen LogP contribution is 2.48. The maximum Gasteiger partial charge on any atom is 0.433 e. The van der Waals surface area contributed by atoms with E-state index >= 15 is 0 Å². The Morgan fingerprint density at radius 1 is 0.917 bits per heavy atom. The van der Waals surface area contributed by atoms with Gasteiger partial charge in [-0.15, -0.1) is 0 Å². The van der Waals surface area contributed by atoms with E-state index in [1.54, 1.807) is 0 Å². The van der Waals surface area contributed by atoms with Crippen LogP contribution >= 0.6 is 58.0 Å². The molecule has 24 heavy (non-hydrogen) atoms. The fraction of sp³-hybridized carbons (Fsp3) is 0.0769. The quantitative estimate of drug-likeness (QED) is 0.417. The first-order valence-electron chi connectivity index (χ1n) is 5.79. The van der Waals surface area contributed by atoms with Crippen molar-refractivity contribution in [2.24, 2.45) is 0 Å². The minimum absolute atomic E-state index is 0.192. The molecule has 128 valence electrons. The number of rotatable bonds is 2. The molecule has 0 unspecified atom stereocenters. The number of benzene rings is 1. The fourth-order valence-electron chi connectivity index (χ4n) is 1.76. The number of carboxylic acid groups (broad SMARTS) is 1. The van der Waals surface area contributed by atoms with E-state index in [-0.39, 0.29) is 30.7 Å². The number of nitrogens with zero attached hydrogens (tertiary/aromatic N) is 1. The van der Waals surface area contributed by atoms with Gasteiger partial charge in [0, 0.05) is 5.56 Å². The predicted octanol–water partition coefficient (Wildman–Crippen LogP) is 6.73. The molecule has 1 aromatic carbocycles. The number of pyridine rings is 1. The average molecular weight is 439 g/mol. The van der Waals surface area contributed by atoms with E-state index < -0.39 is 29.1 Å². The van der Waals surface area contributed by atoms with Gasteiger partial charge < -0.3 is 5.11 Å². The van der Waals surface area contributed by atoms with E-state index in [0.29, 0.717) is 6.07 Å². The zero-order valence-corrected chi connectivity index (χ0v) is 14.8. The normalized spacial score (nSPS) is 11.7. The molecule has 1 heterocycles. The summed E-state index contributed by atoms with van der Waals surface area (Å²) in [6.07, 6.45) is -4.89. The molecule has 11 heteroatoms. The van der Waals surface area contributed by atoms with Crippen LogP contribution < -0.4 is 0 Å². The number of alkyl halides is 3. The highest BCUT2D eigenvalue weighted by molar-refractivity contribution is 6.56. The third-order valence-corrected chi connectivity index (χ3v) is 5.11. The van der Waals surface area contributed by atoms with E-state index in [1.165, 1.54) is 0 Å². The van der Waals surface area contributed by atoms with E-state index in [2.05, 4.69) is 4.98 Å². The standard InChI is InChI=1S/C13H3Cl5F3NO2/c14-7-6(8(15)10(17)11(18)9(7)16)4-1-3(12(23)24)2-5(22-4)13(19,20)21/h1-2H,(H,23,24). The van der Waals surface area contributed by atoms with E-state index in [4.69, 9.17) is 63.1 Å². The Bertz CT molecular complexity index is 825. The smallest absolute Gasteiger partial charge is 0.433 e. The number of aromatic carboxylic acids is 1. The first kappa shape index (κ1) is 19.4. The number of halogens is 8. The van der Waals surface area contributed by atoms with E-state index in [9.17, 15) is 18.0 Å². The van der Waals surface area contributed by atoms with Crippen molar-refractivity contribution in [3.05, 3.63) is 48.5 Å². The molecular weight excluding hydrogens is 436 g/mol. The number of hydrogen-bond acceptors (Lipinski definition) is 2. The molecule has 1 aromatic heterocycles. The second kappa shape index (κ2) is 6.77.